The molecular formula is C23H19ClFN3O3S. The van der Waals surface area contributed by atoms with Crippen LogP contribution in [0.3, 0.4) is 0 Å². The summed E-state index contributed by atoms with van der Waals surface area (Å²) in [5, 5.41) is 10.6. The van der Waals surface area contributed by atoms with Crippen LogP contribution < -0.4 is 0 Å². The largest absolute Gasteiger partial charge is 0.453 e. The van der Waals surface area contributed by atoms with Crippen LogP contribution in [0.15, 0.2) is 58.1 Å². The van der Waals surface area contributed by atoms with Gasteiger partial charge < -0.3 is 9.15 Å². The van der Waals surface area contributed by atoms with Gasteiger partial charge in [-0.15, -0.1) is 10.2 Å². The molecule has 1 fully saturated rings. The molecule has 0 amide bonds. The number of thioether (sulfide) groups is 1. The van der Waals surface area contributed by atoms with Crippen molar-refractivity contribution < 1.29 is 18.3 Å². The Bertz CT molecular complexity index is 1270. The van der Waals surface area contributed by atoms with Crippen molar-refractivity contribution in [1.29, 1.82) is 0 Å². The number of furan rings is 1. The van der Waals surface area contributed by atoms with Gasteiger partial charge in [-0.05, 0) is 61.4 Å². The van der Waals surface area contributed by atoms with Gasteiger partial charge in [0.05, 0.1) is 18.4 Å². The van der Waals surface area contributed by atoms with E-state index in [1.165, 1.54) is 23.9 Å². The number of carbonyl (C=O) groups excluding carboxylic acids is 1. The summed E-state index contributed by atoms with van der Waals surface area (Å²) in [5.41, 5.74) is 1.37. The summed E-state index contributed by atoms with van der Waals surface area (Å²) in [6.45, 7) is 1.30. The fourth-order valence-electron chi connectivity index (χ4n) is 3.72. The molecule has 164 valence electrons. The first-order valence-corrected chi connectivity index (χ1v) is 11.6. The third-order valence-corrected chi connectivity index (χ3v) is 6.52. The van der Waals surface area contributed by atoms with Gasteiger partial charge in [0.25, 0.3) is 0 Å². The number of hydrogen-bond donors (Lipinski definition) is 0. The van der Waals surface area contributed by atoms with Gasteiger partial charge in [0.1, 0.15) is 11.4 Å². The van der Waals surface area contributed by atoms with E-state index in [0.29, 0.717) is 28.1 Å². The van der Waals surface area contributed by atoms with Gasteiger partial charge in [-0.3, -0.25) is 9.36 Å². The monoisotopic (exact) mass is 471 g/mol. The van der Waals surface area contributed by atoms with Crippen LogP contribution in [0.5, 0.6) is 0 Å². The van der Waals surface area contributed by atoms with Gasteiger partial charge in [0.15, 0.2) is 16.7 Å². The maximum absolute atomic E-state index is 13.4. The quantitative estimate of drug-likeness (QED) is 0.257. The molecule has 32 heavy (non-hydrogen) atoms. The Morgan fingerprint density at radius 2 is 2.03 bits per heavy atom. The third kappa shape index (κ3) is 4.44. The highest BCUT2D eigenvalue weighted by Gasteiger charge is 2.23. The summed E-state index contributed by atoms with van der Waals surface area (Å²) in [5.74, 6) is 0.566. The Morgan fingerprint density at radius 3 is 2.81 bits per heavy atom. The summed E-state index contributed by atoms with van der Waals surface area (Å²) in [7, 11) is 0. The van der Waals surface area contributed by atoms with E-state index in [1.54, 1.807) is 36.4 Å². The first kappa shape index (κ1) is 21.2. The van der Waals surface area contributed by atoms with Crippen molar-refractivity contribution in [1.82, 2.24) is 14.8 Å². The lowest BCUT2D eigenvalue weighted by Crippen LogP contribution is -2.17. The molecule has 1 aliphatic rings. The number of nitrogens with zero attached hydrogens (tertiary/aromatic N) is 3. The zero-order valence-corrected chi connectivity index (χ0v) is 18.5. The Balaban J connectivity index is 1.38. The van der Waals surface area contributed by atoms with Gasteiger partial charge in [0.2, 0.25) is 5.78 Å². The van der Waals surface area contributed by atoms with Crippen molar-refractivity contribution in [2.45, 2.75) is 30.6 Å². The smallest absolute Gasteiger partial charge is 0.208 e. The van der Waals surface area contributed by atoms with E-state index in [2.05, 4.69) is 10.2 Å². The second kappa shape index (κ2) is 9.05. The van der Waals surface area contributed by atoms with Crippen LogP contribution in [0.4, 0.5) is 4.39 Å². The fraction of sp³-hybridized carbons (Fsp3) is 0.261. The van der Waals surface area contributed by atoms with Gasteiger partial charge >= 0.3 is 0 Å². The standard InChI is InChI=1S/C23H19ClFN3O3S/c24-16-5-8-20-15(10-16)11-21(31-20)19(29)13-32-23-27-26-22(14-3-6-17(25)7-4-14)28(23)12-18-2-1-9-30-18/h3-8,10-11,18H,1-2,9,12-13H2/t18-/m1/s1. The van der Waals surface area contributed by atoms with Crippen molar-refractivity contribution in [2.24, 2.45) is 0 Å². The van der Waals surface area contributed by atoms with Crippen LogP contribution in [-0.2, 0) is 11.3 Å². The Hall–Kier alpha value is -2.68. The molecule has 1 atom stereocenters. The summed E-state index contributed by atoms with van der Waals surface area (Å²) in [6.07, 6.45) is 2.02. The number of carbonyl (C=O) groups is 1. The number of ketones is 1. The maximum Gasteiger partial charge on any atom is 0.208 e. The minimum absolute atomic E-state index is 0.0559. The van der Waals surface area contributed by atoms with Crippen LogP contribution in [0.2, 0.25) is 5.02 Å². The fourth-order valence-corrected chi connectivity index (χ4v) is 4.72. The first-order valence-electron chi connectivity index (χ1n) is 10.2. The van der Waals surface area contributed by atoms with Gasteiger partial charge in [-0.2, -0.15) is 0 Å². The summed E-state index contributed by atoms with van der Waals surface area (Å²) < 4.78 is 26.8. The second-order valence-corrected chi connectivity index (χ2v) is 8.94. The molecule has 2 aromatic carbocycles. The molecule has 9 heteroatoms. The molecule has 0 bridgehead atoms. The zero-order valence-electron chi connectivity index (χ0n) is 17.0. The number of ether oxygens (including phenoxy) is 1. The highest BCUT2D eigenvalue weighted by molar-refractivity contribution is 7.99. The van der Waals surface area contributed by atoms with Crippen LogP contribution in [-0.4, -0.2) is 39.0 Å². The van der Waals surface area contributed by atoms with Gasteiger partial charge in [0, 0.05) is 22.6 Å². The van der Waals surface area contributed by atoms with Crippen molar-refractivity contribution in [3.05, 3.63) is 65.1 Å². The van der Waals surface area contributed by atoms with Crippen LogP contribution >= 0.6 is 23.4 Å². The molecule has 3 heterocycles. The third-order valence-electron chi connectivity index (χ3n) is 5.31. The summed E-state index contributed by atoms with van der Waals surface area (Å²) in [6, 6.07) is 13.1. The minimum atomic E-state index is -0.314. The normalized spacial score (nSPS) is 16.1. The predicted octanol–water partition coefficient (Wildman–Crippen LogP) is 5.64. The number of benzene rings is 2. The predicted molar refractivity (Wildman–Crippen MR) is 121 cm³/mol. The van der Waals surface area contributed by atoms with Crippen LogP contribution in [0.25, 0.3) is 22.4 Å². The van der Waals surface area contributed by atoms with Crippen LogP contribution in [0.1, 0.15) is 23.4 Å². The molecular weight excluding hydrogens is 453 g/mol. The number of fused-ring (bicyclic) bond motifs is 1. The average molecular weight is 472 g/mol. The van der Waals surface area contributed by atoms with E-state index in [1.807, 2.05) is 4.57 Å². The van der Waals surface area contributed by atoms with Crippen molar-refractivity contribution in [2.75, 3.05) is 12.4 Å². The number of aromatic nitrogens is 3. The topological polar surface area (TPSA) is 70.2 Å². The molecule has 0 spiro atoms. The molecule has 5 rings (SSSR count). The lowest BCUT2D eigenvalue weighted by Gasteiger charge is -2.14. The highest BCUT2D eigenvalue weighted by atomic mass is 35.5. The van der Waals surface area contributed by atoms with E-state index >= 15 is 0 Å². The molecule has 0 radical (unpaired) electrons. The lowest BCUT2D eigenvalue weighted by molar-refractivity contribution is 0.0953. The van der Waals surface area contributed by atoms with Crippen LogP contribution in [0, 0.1) is 5.82 Å². The number of Topliss-reactive ketones (excluding diaryl/α,β-unsaturated/α-hetero) is 1. The van der Waals surface area contributed by atoms with E-state index in [9.17, 15) is 9.18 Å². The lowest BCUT2D eigenvalue weighted by atomic mass is 10.2. The van der Waals surface area contributed by atoms with E-state index in [-0.39, 0.29) is 29.2 Å². The molecule has 1 aliphatic heterocycles. The van der Waals surface area contributed by atoms with Crippen molar-refractivity contribution in [3.63, 3.8) is 0 Å². The second-order valence-electron chi connectivity index (χ2n) is 7.56. The van der Waals surface area contributed by atoms with Gasteiger partial charge in [-0.1, -0.05) is 23.4 Å². The van der Waals surface area contributed by atoms with E-state index < -0.39 is 0 Å². The zero-order chi connectivity index (χ0) is 22.1. The molecule has 0 aliphatic carbocycles. The first-order chi connectivity index (χ1) is 15.6. The van der Waals surface area contributed by atoms with E-state index in [0.717, 1.165) is 30.4 Å². The molecule has 2 aromatic heterocycles. The number of rotatable bonds is 7. The summed E-state index contributed by atoms with van der Waals surface area (Å²) >= 11 is 7.31. The number of halogens is 2. The molecule has 0 saturated carbocycles. The molecule has 6 nitrogen and oxygen atoms in total. The molecule has 0 unspecified atom stereocenters. The van der Waals surface area contributed by atoms with E-state index in [4.69, 9.17) is 20.8 Å². The highest BCUT2D eigenvalue weighted by Crippen LogP contribution is 2.28. The van der Waals surface area contributed by atoms with Gasteiger partial charge in [-0.25, -0.2) is 4.39 Å². The van der Waals surface area contributed by atoms with Crippen molar-refractivity contribution >= 4 is 40.1 Å². The Kier molecular flexibility index (Phi) is 5.99. The minimum Gasteiger partial charge on any atom is -0.453 e. The Morgan fingerprint density at radius 1 is 1.19 bits per heavy atom. The maximum atomic E-state index is 13.4. The average Bonchev–Trinajstić information content (AvgIpc) is 3.53. The molecule has 0 N–H and O–H groups in total. The SMILES string of the molecule is O=C(CSc1nnc(-c2ccc(F)cc2)n1C[C@H]1CCCO1)c1cc2cc(Cl)ccc2o1. The molecule has 4 aromatic rings. The molecule has 1 saturated heterocycles. The number of hydrogen-bond acceptors (Lipinski definition) is 6. The Labute approximate surface area is 192 Å². The summed E-state index contributed by atoms with van der Waals surface area (Å²) in [4.78, 5) is 12.8. The van der Waals surface area contributed by atoms with Crippen molar-refractivity contribution in [3.8, 4) is 11.4 Å².